The maximum absolute atomic E-state index is 12.5. The smallest absolute Gasteiger partial charge is 0.246 e. The van der Waals surface area contributed by atoms with Gasteiger partial charge in [0, 0.05) is 12.8 Å². The summed E-state index contributed by atoms with van der Waals surface area (Å²) >= 11 is 5.08. The number of nitrogens with one attached hydrogen (secondary N) is 1. The van der Waals surface area contributed by atoms with Crippen LogP contribution in [0.2, 0.25) is 0 Å². The molecule has 0 aliphatic carbocycles. The maximum Gasteiger partial charge on any atom is 0.246 e. The lowest BCUT2D eigenvalue weighted by Crippen LogP contribution is -2.58. The number of methoxy groups -OCH3 is 1. The zero-order valence-corrected chi connectivity index (χ0v) is 17.0. The molecular formula is C19H26N4O3S. The van der Waals surface area contributed by atoms with Gasteiger partial charge in [0.05, 0.1) is 19.7 Å². The second-order valence-corrected chi connectivity index (χ2v) is 6.92. The van der Waals surface area contributed by atoms with Gasteiger partial charge in [0.2, 0.25) is 11.8 Å². The monoisotopic (exact) mass is 390 g/mol. The van der Waals surface area contributed by atoms with Gasteiger partial charge in [0.1, 0.15) is 5.75 Å². The summed E-state index contributed by atoms with van der Waals surface area (Å²) in [6.07, 6.45) is 2.19. The number of ether oxygens (including phenoxy) is 1. The molecule has 1 heterocycles. The first-order chi connectivity index (χ1) is 12.9. The highest BCUT2D eigenvalue weighted by atomic mass is 32.1. The molecule has 1 aromatic carbocycles. The molecule has 2 rings (SSSR count). The van der Waals surface area contributed by atoms with Crippen LogP contribution in [0.15, 0.2) is 29.3 Å². The highest BCUT2D eigenvalue weighted by Gasteiger charge is 2.36. The lowest BCUT2D eigenvalue weighted by atomic mass is 10.0. The molecule has 1 saturated heterocycles. The Labute approximate surface area is 165 Å². The fourth-order valence-corrected chi connectivity index (χ4v) is 3.14. The molecular weight excluding hydrogens is 364 g/mol. The van der Waals surface area contributed by atoms with Crippen molar-refractivity contribution in [3.05, 3.63) is 29.8 Å². The number of hydrogen-bond acceptors (Lipinski definition) is 6. The molecule has 8 heteroatoms. The molecule has 0 saturated carbocycles. The predicted molar refractivity (Wildman–Crippen MR) is 109 cm³/mol. The molecule has 146 valence electrons. The number of rotatable bonds is 8. The van der Waals surface area contributed by atoms with E-state index in [1.807, 2.05) is 50.2 Å². The summed E-state index contributed by atoms with van der Waals surface area (Å²) in [7, 11) is 5.55. The van der Waals surface area contributed by atoms with Crippen LogP contribution in [-0.2, 0) is 9.59 Å². The molecule has 1 aliphatic rings. The number of aliphatic imine (C=N–C) groups is 1. The Morgan fingerprint density at radius 3 is 2.56 bits per heavy atom. The molecule has 0 radical (unpaired) electrons. The Kier molecular flexibility index (Phi) is 7.44. The third-order valence-corrected chi connectivity index (χ3v) is 4.72. The molecule has 0 bridgehead atoms. The second-order valence-electron chi connectivity index (χ2n) is 6.53. The summed E-state index contributed by atoms with van der Waals surface area (Å²) in [6.45, 7) is 2.86. The Bertz CT molecular complexity index is 718. The van der Waals surface area contributed by atoms with E-state index in [1.54, 1.807) is 7.11 Å². The van der Waals surface area contributed by atoms with Crippen LogP contribution in [0.5, 0.6) is 5.75 Å². The molecule has 1 aromatic rings. The van der Waals surface area contributed by atoms with E-state index in [0.717, 1.165) is 17.7 Å². The molecule has 2 amide bonds. The van der Waals surface area contributed by atoms with Crippen LogP contribution in [0.1, 0.15) is 24.9 Å². The van der Waals surface area contributed by atoms with Gasteiger partial charge >= 0.3 is 0 Å². The van der Waals surface area contributed by atoms with Crippen LogP contribution >= 0.6 is 12.2 Å². The van der Waals surface area contributed by atoms with E-state index in [2.05, 4.69) is 10.3 Å². The van der Waals surface area contributed by atoms with E-state index in [0.29, 0.717) is 13.1 Å². The highest BCUT2D eigenvalue weighted by molar-refractivity contribution is 7.80. The first-order valence-corrected chi connectivity index (χ1v) is 9.26. The van der Waals surface area contributed by atoms with Crippen molar-refractivity contribution >= 4 is 35.4 Å². The summed E-state index contributed by atoms with van der Waals surface area (Å²) in [5, 5.41) is 2.75. The van der Waals surface area contributed by atoms with Gasteiger partial charge in [-0.25, -0.2) is 0 Å². The van der Waals surface area contributed by atoms with Gasteiger partial charge in [0.25, 0.3) is 0 Å². The minimum Gasteiger partial charge on any atom is -0.497 e. The van der Waals surface area contributed by atoms with Crippen molar-refractivity contribution in [1.82, 2.24) is 15.1 Å². The Morgan fingerprint density at radius 2 is 2.00 bits per heavy atom. The summed E-state index contributed by atoms with van der Waals surface area (Å²) in [4.78, 5) is 32.6. The van der Waals surface area contributed by atoms with Gasteiger partial charge in [-0.15, -0.1) is 0 Å². The van der Waals surface area contributed by atoms with E-state index in [9.17, 15) is 9.59 Å². The third kappa shape index (κ3) is 5.11. The van der Waals surface area contributed by atoms with Gasteiger partial charge in [-0.05, 0) is 50.4 Å². The topological polar surface area (TPSA) is 74.2 Å². The van der Waals surface area contributed by atoms with Gasteiger partial charge in [-0.3, -0.25) is 19.5 Å². The summed E-state index contributed by atoms with van der Waals surface area (Å²) in [5.41, 5.74) is 1.08. The fourth-order valence-electron chi connectivity index (χ4n) is 2.86. The molecule has 1 fully saturated rings. The first kappa shape index (κ1) is 21.0. The zero-order valence-electron chi connectivity index (χ0n) is 16.1. The predicted octanol–water partition coefficient (Wildman–Crippen LogP) is 1.64. The Balaban J connectivity index is 2.11. The van der Waals surface area contributed by atoms with Crippen LogP contribution in [-0.4, -0.2) is 67.2 Å². The SMILES string of the molecule is CCCN1C(=O)[C@@H](C=NC[C@@H](c2ccc(OC)cc2)N(C)C)C(=O)NC1=S. The number of hydrogen-bond donors (Lipinski definition) is 1. The number of likely N-dealkylation sites (N-methyl/N-ethyl adjacent to an activating group) is 1. The average molecular weight is 391 g/mol. The Morgan fingerprint density at radius 1 is 1.33 bits per heavy atom. The Hall–Kier alpha value is -2.32. The average Bonchev–Trinajstić information content (AvgIpc) is 2.64. The summed E-state index contributed by atoms with van der Waals surface area (Å²) < 4.78 is 5.19. The number of benzene rings is 1. The lowest BCUT2D eigenvalue weighted by molar-refractivity contribution is -0.137. The zero-order chi connectivity index (χ0) is 20.0. The van der Waals surface area contributed by atoms with E-state index in [1.165, 1.54) is 11.1 Å². The second kappa shape index (κ2) is 9.57. The van der Waals surface area contributed by atoms with Crippen molar-refractivity contribution in [1.29, 1.82) is 0 Å². The molecule has 0 spiro atoms. The number of carbonyl (C=O) groups excluding carboxylic acids is 2. The van der Waals surface area contributed by atoms with Crippen molar-refractivity contribution in [3.8, 4) is 5.75 Å². The van der Waals surface area contributed by atoms with Crippen LogP contribution in [0.4, 0.5) is 0 Å². The minimum atomic E-state index is -0.943. The lowest BCUT2D eigenvalue weighted by Gasteiger charge is -2.30. The van der Waals surface area contributed by atoms with E-state index in [-0.39, 0.29) is 17.1 Å². The van der Waals surface area contributed by atoms with Crippen LogP contribution in [0.3, 0.4) is 0 Å². The van der Waals surface area contributed by atoms with Crippen LogP contribution < -0.4 is 10.1 Å². The van der Waals surface area contributed by atoms with E-state index < -0.39 is 11.8 Å². The normalized spacial score (nSPS) is 18.9. The first-order valence-electron chi connectivity index (χ1n) is 8.85. The highest BCUT2D eigenvalue weighted by Crippen LogP contribution is 2.21. The molecule has 0 unspecified atom stereocenters. The summed E-state index contributed by atoms with van der Waals surface area (Å²) in [5.74, 6) is -0.898. The van der Waals surface area contributed by atoms with Crippen molar-refractivity contribution in [3.63, 3.8) is 0 Å². The number of nitrogens with zero attached hydrogens (tertiary/aromatic N) is 3. The molecule has 1 aliphatic heterocycles. The number of thiocarbonyl (C=S) groups is 1. The van der Waals surface area contributed by atoms with Crippen molar-refractivity contribution < 1.29 is 14.3 Å². The number of amides is 2. The van der Waals surface area contributed by atoms with Gasteiger partial charge in [-0.1, -0.05) is 19.1 Å². The van der Waals surface area contributed by atoms with Crippen molar-refractivity contribution in [2.45, 2.75) is 19.4 Å². The minimum absolute atomic E-state index is 0.0155. The summed E-state index contributed by atoms with van der Waals surface area (Å²) in [6, 6.07) is 7.79. The van der Waals surface area contributed by atoms with Crippen LogP contribution in [0.25, 0.3) is 0 Å². The van der Waals surface area contributed by atoms with Gasteiger partial charge in [0.15, 0.2) is 11.0 Å². The quantitative estimate of drug-likeness (QED) is 0.415. The van der Waals surface area contributed by atoms with Crippen molar-refractivity contribution in [2.75, 3.05) is 34.3 Å². The van der Waals surface area contributed by atoms with E-state index in [4.69, 9.17) is 17.0 Å². The molecule has 27 heavy (non-hydrogen) atoms. The van der Waals surface area contributed by atoms with Gasteiger partial charge in [-0.2, -0.15) is 0 Å². The largest absolute Gasteiger partial charge is 0.497 e. The molecule has 7 nitrogen and oxygen atoms in total. The fraction of sp³-hybridized carbons (Fsp3) is 0.474. The standard InChI is InChI=1S/C19H26N4O3S/c1-5-10-23-18(25)15(17(24)21-19(23)27)11-20-12-16(22(2)3)13-6-8-14(26-4)9-7-13/h6-9,11,15-16H,5,10,12H2,1-4H3,(H,21,24,27)/t15-,16-/m0/s1. The number of carbonyl (C=O) groups is 2. The van der Waals surface area contributed by atoms with E-state index >= 15 is 0 Å². The van der Waals surface area contributed by atoms with Gasteiger partial charge < -0.3 is 15.0 Å². The third-order valence-electron chi connectivity index (χ3n) is 4.39. The molecule has 2 atom stereocenters. The van der Waals surface area contributed by atoms with Crippen LogP contribution in [0, 0.1) is 5.92 Å². The molecule has 1 N–H and O–H groups in total. The van der Waals surface area contributed by atoms with Crippen molar-refractivity contribution in [2.24, 2.45) is 10.9 Å². The molecule has 0 aromatic heterocycles. The maximum atomic E-state index is 12.5.